The number of hydrogen-bond acceptors (Lipinski definition) is 7. The second kappa shape index (κ2) is 8.00. The van der Waals surface area contributed by atoms with Gasteiger partial charge in [0.25, 0.3) is 0 Å². The Balaban J connectivity index is 1.35. The van der Waals surface area contributed by atoms with Crippen LogP contribution in [0.3, 0.4) is 0 Å². The number of piperidine rings is 1. The standard InChI is InChI=1S/C24H26N6O/c1-30-13-16-11-17(30)12-20(16)29-24-21(23(26)27-14-28-24)22(25)15-7-9-19(10-8-15)31-18-5-3-2-4-6-18/h2-10,14,16-17,20,25H,11-13H2,1H3,(H3,26,27,28,29). The molecule has 1 aromatic heterocycles. The quantitative estimate of drug-likeness (QED) is 0.531. The number of hydrogen-bond donors (Lipinski definition) is 3. The minimum atomic E-state index is 0.298. The fourth-order valence-corrected chi connectivity index (χ4v) is 4.74. The summed E-state index contributed by atoms with van der Waals surface area (Å²) in [4.78, 5) is 11.0. The molecule has 7 heteroatoms. The minimum absolute atomic E-state index is 0.298. The van der Waals surface area contributed by atoms with E-state index in [4.69, 9.17) is 15.9 Å². The van der Waals surface area contributed by atoms with E-state index in [0.717, 1.165) is 24.3 Å². The van der Waals surface area contributed by atoms with Crippen molar-refractivity contribution < 1.29 is 4.74 Å². The van der Waals surface area contributed by atoms with E-state index < -0.39 is 0 Å². The highest BCUT2D eigenvalue weighted by Gasteiger charge is 2.43. The minimum Gasteiger partial charge on any atom is -0.457 e. The first-order valence-electron chi connectivity index (χ1n) is 10.6. The van der Waals surface area contributed by atoms with Crippen LogP contribution in [0, 0.1) is 11.3 Å². The summed E-state index contributed by atoms with van der Waals surface area (Å²) in [5.41, 5.74) is 7.78. The van der Waals surface area contributed by atoms with Gasteiger partial charge in [0.1, 0.15) is 29.5 Å². The lowest BCUT2D eigenvalue weighted by atomic mass is 10.0. The molecule has 2 heterocycles. The maximum Gasteiger partial charge on any atom is 0.141 e. The normalized spacial score (nSPS) is 22.4. The number of rotatable bonds is 6. The average molecular weight is 415 g/mol. The van der Waals surface area contributed by atoms with Crippen molar-refractivity contribution in [3.63, 3.8) is 0 Å². The maximum absolute atomic E-state index is 8.81. The van der Waals surface area contributed by atoms with Crippen molar-refractivity contribution in [1.82, 2.24) is 14.9 Å². The third kappa shape index (κ3) is 3.84. The molecule has 158 valence electrons. The smallest absolute Gasteiger partial charge is 0.141 e. The summed E-state index contributed by atoms with van der Waals surface area (Å²) in [6.07, 6.45) is 3.76. The zero-order valence-corrected chi connectivity index (χ0v) is 17.5. The van der Waals surface area contributed by atoms with Crippen molar-refractivity contribution in [2.75, 3.05) is 24.6 Å². The van der Waals surface area contributed by atoms with E-state index in [2.05, 4.69) is 27.2 Å². The van der Waals surface area contributed by atoms with Gasteiger partial charge in [-0.1, -0.05) is 18.2 Å². The number of para-hydroxylation sites is 1. The second-order valence-corrected chi connectivity index (χ2v) is 8.37. The number of likely N-dealkylation sites (tertiary alicyclic amines) is 1. The SMILES string of the molecule is CN1CC2CC1CC2Nc1ncnc(N)c1C(=N)c1ccc(Oc2ccccc2)cc1. The molecule has 2 aliphatic rings. The van der Waals surface area contributed by atoms with Gasteiger partial charge in [-0.15, -0.1) is 0 Å². The van der Waals surface area contributed by atoms with Crippen LogP contribution in [0.2, 0.25) is 0 Å². The van der Waals surface area contributed by atoms with E-state index in [1.807, 2.05) is 54.6 Å². The molecule has 3 atom stereocenters. The van der Waals surface area contributed by atoms with Crippen molar-refractivity contribution in [3.05, 3.63) is 72.1 Å². The molecule has 1 aliphatic carbocycles. The van der Waals surface area contributed by atoms with Crippen LogP contribution >= 0.6 is 0 Å². The van der Waals surface area contributed by atoms with Crippen LogP contribution in [-0.4, -0.2) is 46.3 Å². The molecule has 4 N–H and O–H groups in total. The highest BCUT2D eigenvalue weighted by Crippen LogP contribution is 2.38. The Bertz CT molecular complexity index is 1080. The van der Waals surface area contributed by atoms with Gasteiger partial charge in [0.2, 0.25) is 0 Å². The van der Waals surface area contributed by atoms with Gasteiger partial charge in [0.05, 0.1) is 11.3 Å². The molecule has 1 aliphatic heterocycles. The molecule has 3 unspecified atom stereocenters. The number of anilines is 2. The molecular weight excluding hydrogens is 388 g/mol. The number of aromatic nitrogens is 2. The van der Waals surface area contributed by atoms with Crippen molar-refractivity contribution in [2.45, 2.75) is 24.9 Å². The molecule has 1 saturated carbocycles. The zero-order chi connectivity index (χ0) is 21.4. The van der Waals surface area contributed by atoms with E-state index in [9.17, 15) is 0 Å². The summed E-state index contributed by atoms with van der Waals surface area (Å²) in [5.74, 6) is 3.04. The molecule has 7 nitrogen and oxygen atoms in total. The molecule has 2 aromatic carbocycles. The van der Waals surface area contributed by atoms with Gasteiger partial charge in [-0.3, -0.25) is 5.41 Å². The fourth-order valence-electron chi connectivity index (χ4n) is 4.74. The number of fused-ring (bicyclic) bond motifs is 2. The molecule has 0 spiro atoms. The van der Waals surface area contributed by atoms with Gasteiger partial charge in [0, 0.05) is 24.2 Å². The number of benzene rings is 2. The predicted octanol–water partition coefficient (Wildman–Crippen LogP) is 3.77. The van der Waals surface area contributed by atoms with Crippen LogP contribution in [-0.2, 0) is 0 Å². The molecule has 0 amide bonds. The second-order valence-electron chi connectivity index (χ2n) is 8.37. The Hall–Kier alpha value is -3.45. The van der Waals surface area contributed by atoms with Crippen molar-refractivity contribution >= 4 is 17.3 Å². The lowest BCUT2D eigenvalue weighted by Crippen LogP contribution is -2.38. The summed E-state index contributed by atoms with van der Waals surface area (Å²) < 4.78 is 5.86. The van der Waals surface area contributed by atoms with Gasteiger partial charge in [-0.2, -0.15) is 0 Å². The third-order valence-electron chi connectivity index (χ3n) is 6.39. The first-order chi connectivity index (χ1) is 15.1. The molecule has 2 fully saturated rings. The van der Waals surface area contributed by atoms with Gasteiger partial charge < -0.3 is 20.7 Å². The molecular formula is C24H26N6O. The molecule has 5 rings (SSSR count). The van der Waals surface area contributed by atoms with Gasteiger partial charge >= 0.3 is 0 Å². The largest absolute Gasteiger partial charge is 0.457 e. The highest BCUT2D eigenvalue weighted by molar-refractivity contribution is 6.16. The maximum atomic E-state index is 8.81. The van der Waals surface area contributed by atoms with E-state index in [-0.39, 0.29) is 0 Å². The lowest BCUT2D eigenvalue weighted by Gasteiger charge is -2.30. The Morgan fingerprint density at radius 3 is 2.48 bits per heavy atom. The van der Waals surface area contributed by atoms with E-state index >= 15 is 0 Å². The summed E-state index contributed by atoms with van der Waals surface area (Å²) in [5, 5.41) is 12.4. The summed E-state index contributed by atoms with van der Waals surface area (Å²) in [6.45, 7) is 1.10. The molecule has 31 heavy (non-hydrogen) atoms. The van der Waals surface area contributed by atoms with Gasteiger partial charge in [-0.05, 0) is 62.2 Å². The topological polar surface area (TPSA) is 100 Å². The summed E-state index contributed by atoms with van der Waals surface area (Å²) in [7, 11) is 2.19. The van der Waals surface area contributed by atoms with Crippen LogP contribution in [0.15, 0.2) is 60.9 Å². The highest BCUT2D eigenvalue weighted by atomic mass is 16.5. The first-order valence-corrected chi connectivity index (χ1v) is 10.6. The third-order valence-corrected chi connectivity index (χ3v) is 6.39. The predicted molar refractivity (Wildman–Crippen MR) is 122 cm³/mol. The number of ether oxygens (including phenoxy) is 1. The average Bonchev–Trinajstić information content (AvgIpc) is 3.34. The van der Waals surface area contributed by atoms with Crippen LogP contribution < -0.4 is 15.8 Å². The molecule has 2 bridgehead atoms. The number of nitrogens with one attached hydrogen (secondary N) is 2. The Morgan fingerprint density at radius 2 is 1.81 bits per heavy atom. The molecule has 0 radical (unpaired) electrons. The molecule has 3 aromatic rings. The van der Waals surface area contributed by atoms with Crippen molar-refractivity contribution in [1.29, 1.82) is 5.41 Å². The van der Waals surface area contributed by atoms with E-state index in [0.29, 0.717) is 46.7 Å². The monoisotopic (exact) mass is 414 g/mol. The number of nitrogens with zero attached hydrogens (tertiary/aromatic N) is 3. The van der Waals surface area contributed by atoms with Gasteiger partial charge in [0.15, 0.2) is 0 Å². The van der Waals surface area contributed by atoms with Crippen LogP contribution in [0.5, 0.6) is 11.5 Å². The Kier molecular flexibility index (Phi) is 5.03. The number of nitrogen functional groups attached to an aromatic ring is 1. The van der Waals surface area contributed by atoms with Crippen molar-refractivity contribution in [3.8, 4) is 11.5 Å². The van der Waals surface area contributed by atoms with E-state index in [1.54, 1.807) is 0 Å². The van der Waals surface area contributed by atoms with Crippen LogP contribution in [0.1, 0.15) is 24.0 Å². The first kappa shape index (κ1) is 19.5. The van der Waals surface area contributed by atoms with Gasteiger partial charge in [-0.25, -0.2) is 9.97 Å². The lowest BCUT2D eigenvalue weighted by molar-refractivity contribution is 0.250. The summed E-state index contributed by atoms with van der Waals surface area (Å²) in [6, 6.07) is 18.0. The van der Waals surface area contributed by atoms with Crippen LogP contribution in [0.4, 0.5) is 11.6 Å². The zero-order valence-electron chi connectivity index (χ0n) is 17.5. The molecule has 1 saturated heterocycles. The van der Waals surface area contributed by atoms with E-state index in [1.165, 1.54) is 12.7 Å². The fraction of sp³-hybridized carbons (Fsp3) is 0.292. The number of nitrogens with two attached hydrogens (primary N) is 1. The Morgan fingerprint density at radius 1 is 1.06 bits per heavy atom. The van der Waals surface area contributed by atoms with Crippen molar-refractivity contribution in [2.24, 2.45) is 5.92 Å². The Labute approximate surface area is 181 Å². The van der Waals surface area contributed by atoms with Crippen LogP contribution in [0.25, 0.3) is 0 Å². The summed E-state index contributed by atoms with van der Waals surface area (Å²) >= 11 is 0.